The number of imide groups is 1. The average molecular weight is 396 g/mol. The molecular formula is C22H24N2O5. The van der Waals surface area contributed by atoms with Crippen LogP contribution in [-0.4, -0.2) is 55.7 Å². The van der Waals surface area contributed by atoms with Gasteiger partial charge in [-0.05, 0) is 31.2 Å². The molecule has 7 nitrogen and oxygen atoms in total. The third-order valence-corrected chi connectivity index (χ3v) is 4.91. The van der Waals surface area contributed by atoms with Gasteiger partial charge in [-0.25, -0.2) is 4.90 Å². The molecule has 1 atom stereocenters. The number of ether oxygens (including phenoxy) is 2. The molecule has 0 radical (unpaired) electrons. The largest absolute Gasteiger partial charge is 0.354 e. The van der Waals surface area contributed by atoms with Gasteiger partial charge in [0.2, 0.25) is 5.91 Å². The van der Waals surface area contributed by atoms with Gasteiger partial charge in [0.25, 0.3) is 11.8 Å². The average Bonchev–Trinajstić information content (AvgIpc) is 3.03. The van der Waals surface area contributed by atoms with Gasteiger partial charge in [-0.1, -0.05) is 35.9 Å². The van der Waals surface area contributed by atoms with Crippen LogP contribution in [0.2, 0.25) is 0 Å². The summed E-state index contributed by atoms with van der Waals surface area (Å²) in [6, 6.07) is 14.9. The van der Waals surface area contributed by atoms with Crippen molar-refractivity contribution in [3.8, 4) is 0 Å². The highest BCUT2D eigenvalue weighted by Crippen LogP contribution is 2.27. The van der Waals surface area contributed by atoms with Crippen LogP contribution in [0.1, 0.15) is 22.3 Å². The molecule has 2 aromatic carbocycles. The van der Waals surface area contributed by atoms with E-state index in [-0.39, 0.29) is 24.8 Å². The number of amides is 3. The lowest BCUT2D eigenvalue weighted by Gasteiger charge is -2.30. The highest BCUT2D eigenvalue weighted by atomic mass is 16.7. The lowest BCUT2D eigenvalue weighted by Crippen LogP contribution is -2.49. The molecule has 29 heavy (non-hydrogen) atoms. The zero-order valence-electron chi connectivity index (χ0n) is 16.7. The SMILES string of the molecule is COC(CN(C(=O)c1cccc(C)c1)C1CC(=O)N(c2ccccc2)C1=O)OC. The molecule has 0 aliphatic carbocycles. The van der Waals surface area contributed by atoms with Crippen molar-refractivity contribution in [3.63, 3.8) is 0 Å². The number of para-hydroxylation sites is 1. The molecule has 1 fully saturated rings. The molecule has 0 spiro atoms. The van der Waals surface area contributed by atoms with Crippen molar-refractivity contribution >= 4 is 23.4 Å². The first kappa shape index (κ1) is 20.7. The van der Waals surface area contributed by atoms with Gasteiger partial charge in [-0.3, -0.25) is 14.4 Å². The molecule has 2 aromatic rings. The number of carbonyl (C=O) groups is 3. The van der Waals surface area contributed by atoms with E-state index in [1.54, 1.807) is 48.5 Å². The molecule has 1 heterocycles. The van der Waals surface area contributed by atoms with E-state index in [9.17, 15) is 14.4 Å². The fourth-order valence-electron chi connectivity index (χ4n) is 3.41. The molecule has 152 valence electrons. The molecular weight excluding hydrogens is 372 g/mol. The topological polar surface area (TPSA) is 76.2 Å². The second kappa shape index (κ2) is 8.98. The van der Waals surface area contributed by atoms with Gasteiger partial charge in [0.15, 0.2) is 6.29 Å². The Labute approximate surface area is 169 Å². The Bertz CT molecular complexity index is 895. The van der Waals surface area contributed by atoms with Crippen molar-refractivity contribution in [3.05, 3.63) is 65.7 Å². The molecule has 1 aliphatic heterocycles. The third-order valence-electron chi connectivity index (χ3n) is 4.91. The van der Waals surface area contributed by atoms with Crippen molar-refractivity contribution < 1.29 is 23.9 Å². The predicted molar refractivity (Wildman–Crippen MR) is 107 cm³/mol. The quantitative estimate of drug-likeness (QED) is 0.531. The molecule has 3 amide bonds. The summed E-state index contributed by atoms with van der Waals surface area (Å²) in [7, 11) is 2.92. The Morgan fingerprint density at radius 1 is 1.10 bits per heavy atom. The van der Waals surface area contributed by atoms with Crippen molar-refractivity contribution in [1.82, 2.24) is 4.90 Å². The van der Waals surface area contributed by atoms with Crippen molar-refractivity contribution in [1.29, 1.82) is 0 Å². The summed E-state index contributed by atoms with van der Waals surface area (Å²) in [4.78, 5) is 41.6. The van der Waals surface area contributed by atoms with Gasteiger partial charge in [0.1, 0.15) is 6.04 Å². The van der Waals surface area contributed by atoms with Crippen LogP contribution < -0.4 is 4.90 Å². The molecule has 1 aliphatic rings. The number of hydrogen-bond acceptors (Lipinski definition) is 5. The van der Waals surface area contributed by atoms with Gasteiger partial charge in [-0.2, -0.15) is 0 Å². The number of methoxy groups -OCH3 is 2. The minimum atomic E-state index is -0.927. The lowest BCUT2D eigenvalue weighted by molar-refractivity contribution is -0.128. The number of nitrogens with zero attached hydrogens (tertiary/aromatic N) is 2. The van der Waals surface area contributed by atoms with Gasteiger partial charge in [0.05, 0.1) is 18.7 Å². The number of anilines is 1. The maximum absolute atomic E-state index is 13.3. The fourth-order valence-corrected chi connectivity index (χ4v) is 3.41. The number of carbonyl (C=O) groups excluding carboxylic acids is 3. The number of benzene rings is 2. The Balaban J connectivity index is 1.94. The first-order chi connectivity index (χ1) is 14.0. The van der Waals surface area contributed by atoms with Gasteiger partial charge in [0, 0.05) is 19.8 Å². The van der Waals surface area contributed by atoms with Crippen molar-refractivity contribution in [2.24, 2.45) is 0 Å². The van der Waals surface area contributed by atoms with Crippen LogP contribution >= 0.6 is 0 Å². The van der Waals surface area contributed by atoms with Gasteiger partial charge < -0.3 is 14.4 Å². The molecule has 3 rings (SSSR count). The van der Waals surface area contributed by atoms with E-state index in [0.717, 1.165) is 10.5 Å². The maximum atomic E-state index is 13.3. The standard InChI is InChI=1S/C22H24N2O5/c1-15-8-7-9-16(12-15)21(26)23(14-20(28-2)29-3)18-13-19(25)24(22(18)27)17-10-5-4-6-11-17/h4-12,18,20H,13-14H2,1-3H3. The normalized spacial score (nSPS) is 16.6. The zero-order chi connectivity index (χ0) is 21.0. The molecule has 0 saturated carbocycles. The van der Waals surface area contributed by atoms with E-state index < -0.39 is 18.2 Å². The molecule has 7 heteroatoms. The summed E-state index contributed by atoms with van der Waals surface area (Å²) in [5, 5.41) is 0. The Morgan fingerprint density at radius 2 is 1.79 bits per heavy atom. The predicted octanol–water partition coefficient (Wildman–Crippen LogP) is 2.39. The van der Waals surface area contributed by atoms with Crippen LogP contribution in [0.15, 0.2) is 54.6 Å². The molecule has 1 saturated heterocycles. The Hall–Kier alpha value is -3.03. The first-order valence-electron chi connectivity index (χ1n) is 9.31. The molecule has 0 aromatic heterocycles. The van der Waals surface area contributed by atoms with Gasteiger partial charge >= 0.3 is 0 Å². The van der Waals surface area contributed by atoms with E-state index in [1.165, 1.54) is 19.1 Å². The van der Waals surface area contributed by atoms with E-state index in [0.29, 0.717) is 11.3 Å². The van der Waals surface area contributed by atoms with E-state index in [4.69, 9.17) is 9.47 Å². The van der Waals surface area contributed by atoms with Crippen LogP contribution in [0, 0.1) is 6.92 Å². The van der Waals surface area contributed by atoms with Crippen LogP contribution in [0.4, 0.5) is 5.69 Å². The van der Waals surface area contributed by atoms with E-state index >= 15 is 0 Å². The Morgan fingerprint density at radius 3 is 2.41 bits per heavy atom. The zero-order valence-corrected chi connectivity index (χ0v) is 16.7. The van der Waals surface area contributed by atoms with E-state index in [2.05, 4.69) is 0 Å². The highest BCUT2D eigenvalue weighted by molar-refractivity contribution is 6.23. The monoisotopic (exact) mass is 396 g/mol. The van der Waals surface area contributed by atoms with Crippen molar-refractivity contribution in [2.75, 3.05) is 25.7 Å². The molecule has 0 bridgehead atoms. The number of aryl methyl sites for hydroxylation is 1. The number of hydrogen-bond donors (Lipinski definition) is 0. The van der Waals surface area contributed by atoms with Crippen LogP contribution in [0.5, 0.6) is 0 Å². The summed E-state index contributed by atoms with van der Waals surface area (Å²) in [6.07, 6.45) is -0.816. The second-order valence-corrected chi connectivity index (χ2v) is 6.85. The smallest absolute Gasteiger partial charge is 0.257 e. The van der Waals surface area contributed by atoms with Crippen LogP contribution in [-0.2, 0) is 19.1 Å². The van der Waals surface area contributed by atoms with Crippen molar-refractivity contribution in [2.45, 2.75) is 25.7 Å². The van der Waals surface area contributed by atoms with Gasteiger partial charge in [-0.15, -0.1) is 0 Å². The third kappa shape index (κ3) is 4.36. The second-order valence-electron chi connectivity index (χ2n) is 6.85. The number of rotatable bonds is 7. The summed E-state index contributed by atoms with van der Waals surface area (Å²) < 4.78 is 10.5. The fraction of sp³-hybridized carbons (Fsp3) is 0.318. The molecule has 1 unspecified atom stereocenters. The van der Waals surface area contributed by atoms with Crippen LogP contribution in [0.25, 0.3) is 0 Å². The minimum absolute atomic E-state index is 0.0199. The minimum Gasteiger partial charge on any atom is -0.354 e. The lowest BCUT2D eigenvalue weighted by atomic mass is 10.1. The summed E-state index contributed by atoms with van der Waals surface area (Å²) in [6.45, 7) is 1.90. The maximum Gasteiger partial charge on any atom is 0.257 e. The first-order valence-corrected chi connectivity index (χ1v) is 9.31. The summed E-state index contributed by atoms with van der Waals surface area (Å²) in [5.74, 6) is -1.14. The van der Waals surface area contributed by atoms with Crippen LogP contribution in [0.3, 0.4) is 0 Å². The summed E-state index contributed by atoms with van der Waals surface area (Å²) in [5.41, 5.74) is 1.85. The highest BCUT2D eigenvalue weighted by Gasteiger charge is 2.45. The summed E-state index contributed by atoms with van der Waals surface area (Å²) >= 11 is 0. The van der Waals surface area contributed by atoms with E-state index in [1.807, 2.05) is 13.0 Å². The molecule has 0 N–H and O–H groups in total. The Kier molecular flexibility index (Phi) is 6.41.